The van der Waals surface area contributed by atoms with Gasteiger partial charge in [0, 0.05) is 35.2 Å². The topological polar surface area (TPSA) is 18.5 Å². The lowest BCUT2D eigenvalue weighted by molar-refractivity contribution is 0.260. The lowest BCUT2D eigenvalue weighted by Gasteiger charge is -2.46. The highest BCUT2D eigenvalue weighted by Gasteiger charge is 2.53. The molecule has 8 rings (SSSR count). The van der Waals surface area contributed by atoms with Crippen molar-refractivity contribution in [1.82, 2.24) is 0 Å². The Bertz CT molecular complexity index is 1870. The van der Waals surface area contributed by atoms with Gasteiger partial charge in [0.05, 0.1) is 25.4 Å². The van der Waals surface area contributed by atoms with Crippen molar-refractivity contribution >= 4 is 131 Å². The summed E-state index contributed by atoms with van der Waals surface area (Å²) in [4.78, 5) is 0. The van der Waals surface area contributed by atoms with Gasteiger partial charge >= 0.3 is 0 Å². The Morgan fingerprint density at radius 1 is 0.429 bits per heavy atom. The average Bonchev–Trinajstić information content (AvgIpc) is 3.83. The highest BCUT2D eigenvalue weighted by molar-refractivity contribution is 8.45. The van der Waals surface area contributed by atoms with Gasteiger partial charge in [-0.15, -0.1) is 47.0 Å². The molecule has 2 nitrogen and oxygen atoms in total. The Hall–Kier alpha value is -0.746. The lowest BCUT2D eigenvalue weighted by Crippen LogP contribution is -2.68. The SMILES string of the molecule is CC(C)(C)[Si](OCC1SC2=C(SC(=C3SC4=C(SCCS4)S3)S2)SC1CO[Si](c1ccccc1)(c1ccccc1)C(C)(C)C)(c1ccccc1)c1ccccc1. The van der Waals surface area contributed by atoms with Crippen LogP contribution in [0.15, 0.2) is 147 Å². The second kappa shape index (κ2) is 17.7. The zero-order valence-electron chi connectivity index (χ0n) is 32.6. The van der Waals surface area contributed by atoms with Gasteiger partial charge in [-0.1, -0.05) is 210 Å². The summed E-state index contributed by atoms with van der Waals surface area (Å²) in [5.41, 5.74) is 0. The van der Waals surface area contributed by atoms with Crippen LogP contribution in [-0.4, -0.2) is 51.9 Å². The molecule has 292 valence electrons. The molecule has 0 aromatic heterocycles. The number of hydrogen-bond donors (Lipinski definition) is 0. The molecule has 12 heteroatoms. The van der Waals surface area contributed by atoms with E-state index < -0.39 is 16.6 Å². The average molecular weight is 922 g/mol. The minimum Gasteiger partial charge on any atom is -0.406 e. The van der Waals surface area contributed by atoms with Crippen molar-refractivity contribution in [3.63, 3.8) is 0 Å². The van der Waals surface area contributed by atoms with Gasteiger partial charge in [-0.25, -0.2) is 0 Å². The molecule has 4 heterocycles. The molecule has 0 N–H and O–H groups in total. The van der Waals surface area contributed by atoms with Gasteiger partial charge in [0.2, 0.25) is 0 Å². The van der Waals surface area contributed by atoms with Crippen LogP contribution in [0.1, 0.15) is 41.5 Å². The summed E-state index contributed by atoms with van der Waals surface area (Å²) in [6.45, 7) is 15.6. The van der Waals surface area contributed by atoms with Gasteiger partial charge in [-0.05, 0) is 30.8 Å². The number of hydrogen-bond acceptors (Lipinski definition) is 10. The summed E-state index contributed by atoms with van der Waals surface area (Å²) < 4.78 is 24.3. The maximum absolute atomic E-state index is 7.73. The highest BCUT2D eigenvalue weighted by Crippen LogP contribution is 2.69. The van der Waals surface area contributed by atoms with Gasteiger partial charge in [0.1, 0.15) is 0 Å². The van der Waals surface area contributed by atoms with E-state index in [2.05, 4.69) is 163 Å². The van der Waals surface area contributed by atoms with Crippen LogP contribution in [0, 0.1) is 0 Å². The molecular formula is C44H48O2S8Si2. The minimum absolute atomic E-state index is 0.0951. The molecule has 0 aliphatic carbocycles. The molecule has 4 aromatic carbocycles. The van der Waals surface area contributed by atoms with Crippen molar-refractivity contribution < 1.29 is 8.85 Å². The van der Waals surface area contributed by atoms with Crippen LogP contribution in [0.25, 0.3) is 0 Å². The molecule has 0 bridgehead atoms. The standard InChI is InChI=1S/C44H48O2S8Si2/c1-43(2,3)55(31-19-11-7-12-20-31,32-21-13-8-14-22-32)45-29-35-36(50-40-39(49-35)53-42(54-40)41-51-37-38(52-41)48-28-27-47-37)30-46-56(44(4,5)6,33-23-15-9-16-24-33)34-25-17-10-18-26-34/h7-26,35-36H,27-30H2,1-6H3. The quantitative estimate of drug-likeness (QED) is 0.143. The smallest absolute Gasteiger partial charge is 0.261 e. The largest absolute Gasteiger partial charge is 0.406 e. The van der Waals surface area contributed by atoms with E-state index >= 15 is 0 Å². The van der Waals surface area contributed by atoms with Crippen LogP contribution in [0.3, 0.4) is 0 Å². The number of thioether (sulfide) groups is 8. The summed E-state index contributed by atoms with van der Waals surface area (Å²) in [7, 11) is -5.51. The number of rotatable bonds is 10. The van der Waals surface area contributed by atoms with Crippen molar-refractivity contribution in [2.45, 2.75) is 62.1 Å². The van der Waals surface area contributed by atoms with Gasteiger partial charge in [0.25, 0.3) is 16.6 Å². The van der Waals surface area contributed by atoms with Crippen molar-refractivity contribution in [3.05, 3.63) is 147 Å². The van der Waals surface area contributed by atoms with Gasteiger partial charge in [0.15, 0.2) is 0 Å². The molecule has 56 heavy (non-hydrogen) atoms. The molecule has 0 spiro atoms. The van der Waals surface area contributed by atoms with Gasteiger partial charge < -0.3 is 8.85 Å². The van der Waals surface area contributed by atoms with Crippen molar-refractivity contribution in [2.75, 3.05) is 24.7 Å². The normalized spacial score (nSPS) is 20.8. The first-order valence-electron chi connectivity index (χ1n) is 19.0. The van der Waals surface area contributed by atoms with E-state index in [0.717, 1.165) is 0 Å². The summed E-state index contributed by atoms with van der Waals surface area (Å²) >= 11 is 16.2. The molecule has 2 unspecified atom stereocenters. The fourth-order valence-electron chi connectivity index (χ4n) is 7.95. The third kappa shape index (κ3) is 8.31. The molecule has 0 fully saturated rings. The van der Waals surface area contributed by atoms with Crippen LogP contribution < -0.4 is 20.7 Å². The van der Waals surface area contributed by atoms with E-state index in [9.17, 15) is 0 Å². The molecule has 0 amide bonds. The van der Waals surface area contributed by atoms with Gasteiger partial charge in [-0.2, -0.15) is 0 Å². The van der Waals surface area contributed by atoms with E-state index in [4.69, 9.17) is 8.85 Å². The predicted molar refractivity (Wildman–Crippen MR) is 266 cm³/mol. The fourth-order valence-corrected chi connectivity index (χ4v) is 30.1. The van der Waals surface area contributed by atoms with Gasteiger partial charge in [-0.3, -0.25) is 0 Å². The maximum Gasteiger partial charge on any atom is 0.261 e. The summed E-state index contributed by atoms with van der Waals surface area (Å²) in [6.07, 6.45) is 0. The van der Waals surface area contributed by atoms with Crippen molar-refractivity contribution in [1.29, 1.82) is 0 Å². The Morgan fingerprint density at radius 2 is 0.714 bits per heavy atom. The van der Waals surface area contributed by atoms with Crippen LogP contribution in [0.5, 0.6) is 0 Å². The maximum atomic E-state index is 7.73. The highest BCUT2D eigenvalue weighted by atomic mass is 32.3. The van der Waals surface area contributed by atoms with Crippen LogP contribution in [-0.2, 0) is 8.85 Å². The molecule has 2 atom stereocenters. The van der Waals surface area contributed by atoms with E-state index in [1.54, 1.807) is 0 Å². The molecule has 0 saturated carbocycles. The molecule has 4 aromatic rings. The lowest BCUT2D eigenvalue weighted by atomic mass is 10.2. The van der Waals surface area contributed by atoms with Crippen LogP contribution in [0.4, 0.5) is 0 Å². The zero-order chi connectivity index (χ0) is 39.0. The summed E-state index contributed by atoms with van der Waals surface area (Å²) in [6, 6.07) is 44.4. The minimum atomic E-state index is -2.75. The molecular weight excluding hydrogens is 873 g/mol. The molecule has 4 aliphatic rings. The summed E-state index contributed by atoms with van der Waals surface area (Å²) in [5.74, 6) is 2.42. The van der Waals surface area contributed by atoms with E-state index in [1.807, 2.05) is 94.1 Å². The van der Waals surface area contributed by atoms with E-state index in [-0.39, 0.29) is 20.6 Å². The molecule has 0 saturated heterocycles. The van der Waals surface area contributed by atoms with E-state index in [1.165, 1.54) is 57.7 Å². The number of benzene rings is 4. The third-order valence-electron chi connectivity index (χ3n) is 10.5. The first kappa shape index (κ1) is 42.0. The molecule has 0 radical (unpaired) electrons. The predicted octanol–water partition coefficient (Wildman–Crippen LogP) is 12.2. The summed E-state index contributed by atoms with van der Waals surface area (Å²) in [5, 5.41) is 5.53. The van der Waals surface area contributed by atoms with Crippen molar-refractivity contribution in [2.24, 2.45) is 0 Å². The monoisotopic (exact) mass is 920 g/mol. The Balaban J connectivity index is 1.16. The second-order valence-electron chi connectivity index (χ2n) is 16.1. The first-order valence-corrected chi connectivity index (χ1v) is 29.8. The van der Waals surface area contributed by atoms with Crippen LogP contribution in [0.2, 0.25) is 10.1 Å². The Kier molecular flexibility index (Phi) is 13.3. The second-order valence-corrected chi connectivity index (χ2v) is 35.0. The van der Waals surface area contributed by atoms with Crippen LogP contribution >= 0.6 is 94.1 Å². The zero-order valence-corrected chi connectivity index (χ0v) is 41.1. The molecule has 4 aliphatic heterocycles. The fraction of sp³-hybridized carbons (Fsp3) is 0.318. The van der Waals surface area contributed by atoms with E-state index in [0.29, 0.717) is 13.2 Å². The Labute approximate surface area is 370 Å². The first-order chi connectivity index (χ1) is 27.0. The van der Waals surface area contributed by atoms with Crippen molar-refractivity contribution in [3.8, 4) is 0 Å². The Morgan fingerprint density at radius 3 is 1.00 bits per heavy atom. The third-order valence-corrected chi connectivity index (χ3v) is 33.0.